The molecule has 148 valence electrons. The molecule has 5 rings (SSSR count). The van der Waals surface area contributed by atoms with Crippen LogP contribution in [-0.2, 0) is 6.54 Å². The zero-order valence-electron chi connectivity index (χ0n) is 16.1. The van der Waals surface area contributed by atoms with Crippen LogP contribution >= 0.6 is 0 Å². The molecular weight excluding hydrogens is 357 g/mol. The maximum Gasteiger partial charge on any atom is 0.162 e. The Bertz CT molecular complexity index is 884. The summed E-state index contributed by atoms with van der Waals surface area (Å²) < 4.78 is 26.1. The first-order valence-electron chi connectivity index (χ1n) is 10.3. The highest BCUT2D eigenvalue weighted by Gasteiger charge is 2.23. The molecule has 0 bridgehead atoms. The molecule has 0 spiro atoms. The topological polar surface area (TPSA) is 39.5 Å². The van der Waals surface area contributed by atoms with Crippen molar-refractivity contribution in [3.05, 3.63) is 35.9 Å². The number of nitrogens with zero attached hydrogens (tertiary/aromatic N) is 3. The summed E-state index contributed by atoms with van der Waals surface area (Å²) in [5.41, 5.74) is 3.38. The van der Waals surface area contributed by atoms with Crippen LogP contribution in [-0.4, -0.2) is 47.4 Å². The van der Waals surface area contributed by atoms with Gasteiger partial charge in [0.1, 0.15) is 19.0 Å². The predicted molar refractivity (Wildman–Crippen MR) is 106 cm³/mol. The number of alkyl halides is 1. The standard InChI is InChI=1S/C22H26FN3O2/c23-7-3-16-4-8-25(9-5-16)18-6-10-26-15-19(24-22(26)14-18)17-1-2-20-21(13-17)28-12-11-27-20/h1-2,13-16H,3-12H2. The van der Waals surface area contributed by atoms with Crippen molar-refractivity contribution in [1.82, 2.24) is 14.5 Å². The Hall–Kier alpha value is -2.50. The molecule has 1 fully saturated rings. The molecule has 1 saturated heterocycles. The molecule has 0 aliphatic carbocycles. The van der Waals surface area contributed by atoms with Crippen LogP contribution in [0, 0.1) is 5.92 Å². The summed E-state index contributed by atoms with van der Waals surface area (Å²) in [5, 5.41) is 0. The van der Waals surface area contributed by atoms with Crippen LogP contribution in [0.3, 0.4) is 0 Å². The van der Waals surface area contributed by atoms with Crippen molar-refractivity contribution in [2.45, 2.75) is 32.2 Å². The van der Waals surface area contributed by atoms with Gasteiger partial charge in [-0.2, -0.15) is 0 Å². The number of fused-ring (bicyclic) bond motifs is 2. The van der Waals surface area contributed by atoms with Gasteiger partial charge in [-0.25, -0.2) is 4.98 Å². The van der Waals surface area contributed by atoms with Crippen molar-refractivity contribution >= 4 is 6.08 Å². The lowest BCUT2D eigenvalue weighted by Gasteiger charge is -2.36. The first kappa shape index (κ1) is 17.6. The van der Waals surface area contributed by atoms with E-state index in [9.17, 15) is 4.39 Å². The quantitative estimate of drug-likeness (QED) is 0.796. The highest BCUT2D eigenvalue weighted by Crippen LogP contribution is 2.35. The van der Waals surface area contributed by atoms with Crippen LogP contribution in [0.4, 0.5) is 4.39 Å². The number of likely N-dealkylation sites (tertiary alicyclic amines) is 1. The lowest BCUT2D eigenvalue weighted by atomic mass is 9.93. The number of hydrogen-bond donors (Lipinski definition) is 0. The number of imidazole rings is 1. The van der Waals surface area contributed by atoms with Gasteiger partial charge in [-0.15, -0.1) is 0 Å². The van der Waals surface area contributed by atoms with Crippen molar-refractivity contribution in [3.8, 4) is 22.8 Å². The third kappa shape index (κ3) is 3.36. The first-order valence-corrected chi connectivity index (χ1v) is 10.3. The molecule has 2 aromatic rings. The lowest BCUT2D eigenvalue weighted by molar-refractivity contribution is 0.171. The summed E-state index contributed by atoms with van der Waals surface area (Å²) >= 11 is 0. The molecular formula is C22H26FN3O2. The van der Waals surface area contributed by atoms with Crippen LogP contribution in [0.25, 0.3) is 17.3 Å². The van der Waals surface area contributed by atoms with Crippen molar-refractivity contribution < 1.29 is 13.9 Å². The maximum absolute atomic E-state index is 12.6. The number of piperidine rings is 1. The van der Waals surface area contributed by atoms with Crippen molar-refractivity contribution in [1.29, 1.82) is 0 Å². The van der Waals surface area contributed by atoms with Crippen LogP contribution in [0.2, 0.25) is 0 Å². The van der Waals surface area contributed by atoms with Gasteiger partial charge < -0.3 is 18.9 Å². The molecule has 0 atom stereocenters. The third-order valence-corrected chi connectivity index (χ3v) is 6.09. The summed E-state index contributed by atoms with van der Waals surface area (Å²) in [7, 11) is 0. The van der Waals surface area contributed by atoms with Crippen LogP contribution in [0.5, 0.6) is 11.5 Å². The number of benzene rings is 1. The maximum atomic E-state index is 12.6. The number of hydrogen-bond acceptors (Lipinski definition) is 4. The van der Waals surface area contributed by atoms with E-state index < -0.39 is 0 Å². The Morgan fingerprint density at radius 3 is 2.71 bits per heavy atom. The van der Waals surface area contributed by atoms with Crippen LogP contribution in [0.15, 0.2) is 30.1 Å². The fourth-order valence-corrected chi connectivity index (χ4v) is 4.44. The fraction of sp³-hybridized carbons (Fsp3) is 0.500. The molecule has 3 aliphatic heterocycles. The average Bonchev–Trinajstić information content (AvgIpc) is 3.17. The number of rotatable bonds is 4. The Morgan fingerprint density at radius 1 is 1.07 bits per heavy atom. The Morgan fingerprint density at radius 2 is 1.89 bits per heavy atom. The Balaban J connectivity index is 1.34. The number of aromatic nitrogens is 2. The van der Waals surface area contributed by atoms with Gasteiger partial charge in [-0.1, -0.05) is 0 Å². The molecule has 1 aromatic carbocycles. The second kappa shape index (κ2) is 7.49. The third-order valence-electron chi connectivity index (χ3n) is 6.09. The summed E-state index contributed by atoms with van der Waals surface area (Å²) in [4.78, 5) is 7.34. The van der Waals surface area contributed by atoms with E-state index in [4.69, 9.17) is 14.5 Å². The molecule has 4 heterocycles. The van der Waals surface area contributed by atoms with Crippen LogP contribution < -0.4 is 9.47 Å². The SMILES string of the molecule is FCCC1CCN(C2=Cc3nc(-c4ccc5c(c4)OCCO5)cn3CC2)CC1. The van der Waals surface area contributed by atoms with E-state index in [2.05, 4.69) is 21.7 Å². The highest BCUT2D eigenvalue weighted by molar-refractivity contribution is 5.65. The predicted octanol–water partition coefficient (Wildman–Crippen LogP) is 4.14. The van der Waals surface area contributed by atoms with E-state index in [-0.39, 0.29) is 6.67 Å². The number of halogens is 1. The van der Waals surface area contributed by atoms with E-state index in [1.54, 1.807) is 0 Å². The Labute approximate surface area is 164 Å². The molecule has 0 amide bonds. The minimum absolute atomic E-state index is 0.187. The number of ether oxygens (including phenoxy) is 2. The summed E-state index contributed by atoms with van der Waals surface area (Å²) in [6.45, 7) is 4.02. The molecule has 6 heteroatoms. The molecule has 28 heavy (non-hydrogen) atoms. The Kier molecular flexibility index (Phi) is 4.71. The molecule has 0 N–H and O–H groups in total. The number of allylic oxidation sites excluding steroid dienone is 1. The van der Waals surface area contributed by atoms with E-state index in [0.717, 1.165) is 73.9 Å². The van der Waals surface area contributed by atoms with Gasteiger partial charge in [0, 0.05) is 49.6 Å². The van der Waals surface area contributed by atoms with Crippen molar-refractivity contribution in [2.24, 2.45) is 5.92 Å². The molecule has 0 unspecified atom stereocenters. The van der Waals surface area contributed by atoms with Gasteiger partial charge in [0.05, 0.1) is 12.4 Å². The van der Waals surface area contributed by atoms with Crippen LogP contribution in [0.1, 0.15) is 31.5 Å². The summed E-state index contributed by atoms with van der Waals surface area (Å²) in [5.74, 6) is 3.16. The highest BCUT2D eigenvalue weighted by atomic mass is 19.1. The minimum atomic E-state index is -0.187. The molecule has 1 aromatic heterocycles. The van der Waals surface area contributed by atoms with E-state index in [1.807, 2.05) is 18.2 Å². The summed E-state index contributed by atoms with van der Waals surface area (Å²) in [6.07, 6.45) is 8.28. The van der Waals surface area contributed by atoms with E-state index >= 15 is 0 Å². The molecule has 0 saturated carbocycles. The van der Waals surface area contributed by atoms with Gasteiger partial charge in [0.2, 0.25) is 0 Å². The monoisotopic (exact) mass is 383 g/mol. The lowest BCUT2D eigenvalue weighted by Crippen LogP contribution is -2.34. The molecule has 5 nitrogen and oxygen atoms in total. The minimum Gasteiger partial charge on any atom is -0.486 e. The molecule has 3 aliphatic rings. The first-order chi connectivity index (χ1) is 13.8. The van der Waals surface area contributed by atoms with E-state index in [1.165, 1.54) is 5.70 Å². The van der Waals surface area contributed by atoms with Gasteiger partial charge in [0.25, 0.3) is 0 Å². The zero-order chi connectivity index (χ0) is 18.9. The average molecular weight is 383 g/mol. The second-order valence-corrected chi connectivity index (χ2v) is 7.83. The largest absolute Gasteiger partial charge is 0.486 e. The van der Waals surface area contributed by atoms with Crippen molar-refractivity contribution in [2.75, 3.05) is 33.0 Å². The number of aryl methyl sites for hydroxylation is 1. The van der Waals surface area contributed by atoms with Gasteiger partial charge in [-0.05, 0) is 43.4 Å². The smallest absolute Gasteiger partial charge is 0.162 e. The fourth-order valence-electron chi connectivity index (χ4n) is 4.44. The van der Waals surface area contributed by atoms with Crippen molar-refractivity contribution in [3.63, 3.8) is 0 Å². The van der Waals surface area contributed by atoms with Gasteiger partial charge >= 0.3 is 0 Å². The van der Waals surface area contributed by atoms with E-state index in [0.29, 0.717) is 19.1 Å². The molecule has 0 radical (unpaired) electrons. The van der Waals surface area contributed by atoms with Gasteiger partial charge in [-0.3, -0.25) is 4.39 Å². The summed E-state index contributed by atoms with van der Waals surface area (Å²) in [6, 6.07) is 6.02. The normalized spacial score (nSPS) is 19.3. The zero-order valence-corrected chi connectivity index (χ0v) is 16.1. The second-order valence-electron chi connectivity index (χ2n) is 7.83. The van der Waals surface area contributed by atoms with Gasteiger partial charge in [0.15, 0.2) is 11.5 Å².